The molecule has 0 aliphatic rings. The Morgan fingerprint density at radius 3 is 1.42 bits per heavy atom. The molecule has 0 spiro atoms. The lowest BCUT2D eigenvalue weighted by Gasteiger charge is -2.07. The Bertz CT molecular complexity index is 221. The van der Waals surface area contributed by atoms with Gasteiger partial charge in [0.05, 0.1) is 6.61 Å². The van der Waals surface area contributed by atoms with Gasteiger partial charge in [-0.3, -0.25) is 0 Å². The van der Waals surface area contributed by atoms with E-state index in [1.165, 1.54) is 96.3 Å². The summed E-state index contributed by atoms with van der Waals surface area (Å²) in [7, 11) is 0. The van der Waals surface area contributed by atoms with Gasteiger partial charge in [0.15, 0.2) is 0 Å². The number of hydrogen-bond acceptors (Lipinski definition) is 2. The highest BCUT2D eigenvalue weighted by molar-refractivity contribution is 4.51. The summed E-state index contributed by atoms with van der Waals surface area (Å²) in [6.07, 6.45) is 21.0. The molecule has 0 aromatic carbocycles. The largest absolute Gasteiger partial charge is 0.388 e. The van der Waals surface area contributed by atoms with Crippen molar-refractivity contribution >= 4 is 0 Å². The summed E-state index contributed by atoms with van der Waals surface area (Å²) in [6, 6.07) is 0. The van der Waals surface area contributed by atoms with E-state index in [1.807, 2.05) is 0 Å². The molecule has 0 heterocycles. The van der Waals surface area contributed by atoms with E-state index in [4.69, 9.17) is 9.84 Å². The van der Waals surface area contributed by atoms with E-state index in [0.717, 1.165) is 6.42 Å². The maximum atomic E-state index is 10.3. The third-order valence-corrected chi connectivity index (χ3v) is 4.64. The number of aliphatic hydroxyl groups is 1. The predicted octanol–water partition coefficient (Wildman–Crippen LogP) is 6.06. The molecule has 3 nitrogen and oxygen atoms in total. The smallest absolute Gasteiger partial charge is 0.110 e. The molecule has 24 heavy (non-hydrogen) atoms. The van der Waals surface area contributed by atoms with Crippen LogP contribution < -0.4 is 0 Å². The van der Waals surface area contributed by atoms with Gasteiger partial charge in [-0.05, 0) is 6.42 Å². The summed E-state index contributed by atoms with van der Waals surface area (Å²) in [5, 5.41) is 19.4. The molecule has 1 radical (unpaired) electrons. The van der Waals surface area contributed by atoms with Crippen LogP contribution in [-0.2, 0) is 9.84 Å². The maximum absolute atomic E-state index is 10.3. The van der Waals surface area contributed by atoms with Gasteiger partial charge in [0, 0.05) is 6.61 Å². The van der Waals surface area contributed by atoms with Crippen molar-refractivity contribution in [3.8, 4) is 0 Å². The molecule has 1 unspecified atom stereocenters. The van der Waals surface area contributed by atoms with Crippen LogP contribution >= 0.6 is 0 Å². The molecular weight excluding hydrogens is 300 g/mol. The van der Waals surface area contributed by atoms with Crippen molar-refractivity contribution < 1.29 is 14.9 Å². The Morgan fingerprint density at radius 1 is 0.667 bits per heavy atom. The van der Waals surface area contributed by atoms with Crippen LogP contribution in [0, 0.1) is 0 Å². The van der Waals surface area contributed by atoms with Gasteiger partial charge in [0.1, 0.15) is 12.7 Å². The van der Waals surface area contributed by atoms with Crippen LogP contribution in [0.2, 0.25) is 0 Å². The highest BCUT2D eigenvalue weighted by Crippen LogP contribution is 2.13. The number of ether oxygens (including phenoxy) is 1. The Hall–Kier alpha value is -0.120. The van der Waals surface area contributed by atoms with Gasteiger partial charge < -0.3 is 9.84 Å². The van der Waals surface area contributed by atoms with Crippen molar-refractivity contribution in [3.05, 3.63) is 0 Å². The zero-order valence-corrected chi connectivity index (χ0v) is 16.3. The molecule has 1 N–H and O–H groups in total. The molecule has 145 valence electrons. The normalized spacial score (nSPS) is 12.6. The Morgan fingerprint density at radius 2 is 1.04 bits per heavy atom. The van der Waals surface area contributed by atoms with Gasteiger partial charge in [0.25, 0.3) is 0 Å². The molecule has 0 aromatic rings. The van der Waals surface area contributed by atoms with Gasteiger partial charge in [-0.1, -0.05) is 103 Å². The minimum Gasteiger partial charge on any atom is -0.388 e. The maximum Gasteiger partial charge on any atom is 0.110 e. The molecule has 0 saturated carbocycles. The van der Waals surface area contributed by atoms with Crippen LogP contribution in [0.1, 0.15) is 110 Å². The summed E-state index contributed by atoms with van der Waals surface area (Å²) in [6.45, 7) is 2.69. The quantitative estimate of drug-likeness (QED) is 0.273. The van der Waals surface area contributed by atoms with Gasteiger partial charge in [-0.25, -0.2) is 5.11 Å². The molecule has 0 aromatic heterocycles. The van der Waals surface area contributed by atoms with E-state index in [2.05, 4.69) is 6.92 Å². The van der Waals surface area contributed by atoms with Crippen molar-refractivity contribution in [1.82, 2.24) is 0 Å². The van der Waals surface area contributed by atoms with Gasteiger partial charge in [-0.15, -0.1) is 0 Å². The average molecular weight is 344 g/mol. The predicted molar refractivity (Wildman–Crippen MR) is 102 cm³/mol. The van der Waals surface area contributed by atoms with Crippen molar-refractivity contribution in [2.75, 3.05) is 19.8 Å². The molecular formula is C21H43O3. The second kappa shape index (κ2) is 20.9. The monoisotopic (exact) mass is 343 g/mol. The van der Waals surface area contributed by atoms with Crippen molar-refractivity contribution in [2.24, 2.45) is 0 Å². The van der Waals surface area contributed by atoms with Gasteiger partial charge in [0.2, 0.25) is 0 Å². The number of hydrogen-bond donors (Lipinski definition) is 1. The first kappa shape index (κ1) is 23.9. The fourth-order valence-corrected chi connectivity index (χ4v) is 3.02. The van der Waals surface area contributed by atoms with E-state index >= 15 is 0 Å². The van der Waals surface area contributed by atoms with Crippen LogP contribution in [0.15, 0.2) is 0 Å². The molecule has 0 saturated heterocycles. The van der Waals surface area contributed by atoms with Crippen molar-refractivity contribution in [3.63, 3.8) is 0 Å². The van der Waals surface area contributed by atoms with E-state index in [1.54, 1.807) is 0 Å². The lowest BCUT2D eigenvalue weighted by atomic mass is 10.0. The first-order valence-corrected chi connectivity index (χ1v) is 10.6. The molecule has 0 amide bonds. The molecule has 0 bridgehead atoms. The second-order valence-corrected chi connectivity index (χ2v) is 7.20. The van der Waals surface area contributed by atoms with Crippen LogP contribution in [0.3, 0.4) is 0 Å². The second-order valence-electron chi connectivity index (χ2n) is 7.20. The highest BCUT2D eigenvalue weighted by Gasteiger charge is 2.01. The van der Waals surface area contributed by atoms with Crippen LogP contribution in [0.25, 0.3) is 0 Å². The fourth-order valence-electron chi connectivity index (χ4n) is 3.02. The van der Waals surface area contributed by atoms with E-state index in [-0.39, 0.29) is 6.61 Å². The standard InChI is InChI=1S/C21H43O3/c1-2-3-4-5-6-7-8-9-10-11-12-13-14-15-16-17-18-24-20-21(23)19-22/h21,23H,2-20H2,1H3. The first-order valence-electron chi connectivity index (χ1n) is 10.6. The Labute approximate surface area is 151 Å². The molecule has 0 rings (SSSR count). The van der Waals surface area contributed by atoms with Crippen LogP contribution in [-0.4, -0.2) is 31.0 Å². The fraction of sp³-hybridized carbons (Fsp3) is 1.00. The topological polar surface area (TPSA) is 49.4 Å². The number of unbranched alkanes of at least 4 members (excludes halogenated alkanes) is 15. The van der Waals surface area contributed by atoms with Crippen LogP contribution in [0.5, 0.6) is 0 Å². The number of rotatable bonds is 20. The summed E-state index contributed by atoms with van der Waals surface area (Å²) in [5.41, 5.74) is 0. The van der Waals surface area contributed by atoms with Gasteiger partial charge >= 0.3 is 0 Å². The molecule has 0 aliphatic carbocycles. The summed E-state index contributed by atoms with van der Waals surface area (Å²) in [4.78, 5) is 0. The Kier molecular flexibility index (Phi) is 20.8. The van der Waals surface area contributed by atoms with E-state index in [0.29, 0.717) is 6.61 Å². The minimum atomic E-state index is -0.828. The van der Waals surface area contributed by atoms with Crippen molar-refractivity contribution in [2.45, 2.75) is 116 Å². The average Bonchev–Trinajstić information content (AvgIpc) is 2.60. The van der Waals surface area contributed by atoms with E-state index < -0.39 is 12.7 Å². The lowest BCUT2D eigenvalue weighted by Crippen LogP contribution is -2.18. The SMILES string of the molecule is CCCCCCCCCCCCCCCCCCOCC(O)C[O]. The minimum absolute atomic E-state index is 0.197. The third kappa shape index (κ3) is 19.9. The van der Waals surface area contributed by atoms with E-state index in [9.17, 15) is 5.11 Å². The zero-order chi connectivity index (χ0) is 17.7. The highest BCUT2D eigenvalue weighted by atomic mass is 16.5. The zero-order valence-electron chi connectivity index (χ0n) is 16.3. The summed E-state index contributed by atoms with van der Waals surface area (Å²) >= 11 is 0. The molecule has 3 heteroatoms. The molecule has 0 fully saturated rings. The van der Waals surface area contributed by atoms with Gasteiger partial charge in [-0.2, -0.15) is 0 Å². The first-order chi connectivity index (χ1) is 11.8. The summed E-state index contributed by atoms with van der Waals surface area (Å²) in [5.74, 6) is 0. The molecule has 0 aliphatic heterocycles. The Balaban J connectivity index is 2.98. The number of aliphatic hydroxyl groups excluding tert-OH is 1. The van der Waals surface area contributed by atoms with Crippen LogP contribution in [0.4, 0.5) is 0 Å². The lowest BCUT2D eigenvalue weighted by molar-refractivity contribution is -0.0127. The molecule has 1 atom stereocenters. The van der Waals surface area contributed by atoms with Crippen molar-refractivity contribution in [1.29, 1.82) is 0 Å². The summed E-state index contributed by atoms with van der Waals surface area (Å²) < 4.78 is 5.26. The third-order valence-electron chi connectivity index (χ3n) is 4.64.